The molecule has 2 atom stereocenters. The van der Waals surface area contributed by atoms with Crippen molar-refractivity contribution in [3.05, 3.63) is 105 Å². The summed E-state index contributed by atoms with van der Waals surface area (Å²) in [6, 6.07) is 23.5. The summed E-state index contributed by atoms with van der Waals surface area (Å²) in [7, 11) is 0. The molecule has 1 aromatic heterocycles. The van der Waals surface area contributed by atoms with E-state index in [2.05, 4.69) is 85.7 Å². The normalized spacial score (nSPS) is 18.3. The minimum Gasteiger partial charge on any atom is -0.357 e. The molecule has 5 rings (SSSR count). The fourth-order valence-electron chi connectivity index (χ4n) is 4.74. The molecule has 0 spiro atoms. The summed E-state index contributed by atoms with van der Waals surface area (Å²) in [6.07, 6.45) is 0. The van der Waals surface area contributed by atoms with Crippen LogP contribution in [0.25, 0.3) is 10.9 Å². The van der Waals surface area contributed by atoms with Gasteiger partial charge in [-0.05, 0) is 45.9 Å². The van der Waals surface area contributed by atoms with Crippen molar-refractivity contribution in [1.29, 1.82) is 0 Å². The highest BCUT2D eigenvalue weighted by molar-refractivity contribution is 6.35. The molecule has 0 saturated carbocycles. The highest BCUT2D eigenvalue weighted by Crippen LogP contribution is 2.43. The van der Waals surface area contributed by atoms with Crippen molar-refractivity contribution in [1.82, 2.24) is 10.3 Å². The van der Waals surface area contributed by atoms with Gasteiger partial charge in [0.05, 0.1) is 6.04 Å². The van der Waals surface area contributed by atoms with Gasteiger partial charge in [0, 0.05) is 39.1 Å². The predicted octanol–water partition coefficient (Wildman–Crippen LogP) is 8.02. The van der Waals surface area contributed by atoms with Crippen LogP contribution in [0.5, 0.6) is 0 Å². The number of nitrogens with one attached hydrogen (secondary N) is 2. The van der Waals surface area contributed by atoms with E-state index in [1.807, 2.05) is 12.1 Å². The van der Waals surface area contributed by atoms with Crippen LogP contribution in [0, 0.1) is 0 Å². The fourth-order valence-corrected chi connectivity index (χ4v) is 5.28. The van der Waals surface area contributed by atoms with Crippen molar-refractivity contribution in [3.63, 3.8) is 0 Å². The predicted molar refractivity (Wildman–Crippen MR) is 139 cm³/mol. The Hall–Kier alpha value is -1.97. The average Bonchev–Trinajstić information content (AvgIpc) is 3.13. The molecule has 2 unspecified atom stereocenters. The summed E-state index contributed by atoms with van der Waals surface area (Å²) < 4.78 is 0. The second-order valence-corrected chi connectivity index (χ2v) is 10.3. The van der Waals surface area contributed by atoms with E-state index in [-0.39, 0.29) is 29.8 Å². The van der Waals surface area contributed by atoms with Gasteiger partial charge in [0.1, 0.15) is 0 Å². The van der Waals surface area contributed by atoms with Gasteiger partial charge in [-0.3, -0.25) is 0 Å². The van der Waals surface area contributed by atoms with Crippen LogP contribution in [0.4, 0.5) is 0 Å². The van der Waals surface area contributed by atoms with Gasteiger partial charge in [-0.1, -0.05) is 92.5 Å². The first-order valence-corrected chi connectivity index (χ1v) is 11.5. The molecule has 0 radical (unpaired) electrons. The summed E-state index contributed by atoms with van der Waals surface area (Å²) in [5.41, 5.74) is 7.54. The SMILES string of the molecule is CC(C)(C)c1ccc(C2NCC(c3ccc(Cl)cc3Cl)c3c2[nH]c2ccccc32)cc1.Cl. The van der Waals surface area contributed by atoms with Crippen LogP contribution in [-0.4, -0.2) is 11.5 Å². The number of halogens is 3. The lowest BCUT2D eigenvalue weighted by molar-refractivity contribution is 0.524. The number of aromatic nitrogens is 1. The number of para-hydroxylation sites is 1. The maximum Gasteiger partial charge on any atom is 0.0732 e. The van der Waals surface area contributed by atoms with Crippen molar-refractivity contribution < 1.29 is 0 Å². The Morgan fingerprint density at radius 3 is 2.31 bits per heavy atom. The van der Waals surface area contributed by atoms with Crippen LogP contribution in [0.1, 0.15) is 60.7 Å². The highest BCUT2D eigenvalue weighted by atomic mass is 35.5. The Morgan fingerprint density at radius 2 is 1.62 bits per heavy atom. The minimum absolute atomic E-state index is 0. The van der Waals surface area contributed by atoms with E-state index < -0.39 is 0 Å². The molecule has 0 aliphatic carbocycles. The third-order valence-corrected chi connectivity index (χ3v) is 6.95. The van der Waals surface area contributed by atoms with E-state index >= 15 is 0 Å². The maximum absolute atomic E-state index is 6.64. The zero-order valence-corrected chi connectivity index (χ0v) is 20.7. The van der Waals surface area contributed by atoms with Gasteiger partial charge in [0.25, 0.3) is 0 Å². The molecule has 0 bridgehead atoms. The number of hydrogen-bond acceptors (Lipinski definition) is 1. The number of H-pyrrole nitrogens is 1. The minimum atomic E-state index is 0. The Morgan fingerprint density at radius 1 is 0.906 bits per heavy atom. The zero-order valence-electron chi connectivity index (χ0n) is 18.4. The Labute approximate surface area is 205 Å². The lowest BCUT2D eigenvalue weighted by atomic mass is 9.82. The van der Waals surface area contributed by atoms with Crippen molar-refractivity contribution >= 4 is 46.5 Å². The second-order valence-electron chi connectivity index (χ2n) is 9.43. The van der Waals surface area contributed by atoms with Crippen molar-refractivity contribution in [2.45, 2.75) is 38.1 Å². The van der Waals surface area contributed by atoms with Gasteiger partial charge in [-0.15, -0.1) is 12.4 Å². The number of aromatic amines is 1. The molecule has 2 nitrogen and oxygen atoms in total. The standard InChI is InChI=1S/C27H26Cl2N2.ClH/c1-27(2,3)17-10-8-16(9-11-17)25-26-24(20-6-4-5-7-23(20)31-26)21(15-30-25)19-13-12-18(28)14-22(19)29;/h4-14,21,25,30-31H,15H2,1-3H3;1H. The van der Waals surface area contributed by atoms with Gasteiger partial charge < -0.3 is 10.3 Å². The molecule has 3 aromatic carbocycles. The Kier molecular flexibility index (Phi) is 6.35. The van der Waals surface area contributed by atoms with E-state index in [0.29, 0.717) is 10.0 Å². The van der Waals surface area contributed by atoms with E-state index in [0.717, 1.165) is 17.6 Å². The van der Waals surface area contributed by atoms with Gasteiger partial charge in [-0.2, -0.15) is 0 Å². The molecule has 1 aliphatic rings. The number of rotatable bonds is 2. The first-order valence-electron chi connectivity index (χ1n) is 10.7. The molecule has 0 amide bonds. The molecule has 0 saturated heterocycles. The average molecular weight is 486 g/mol. The molecule has 5 heteroatoms. The first kappa shape index (κ1) is 23.2. The van der Waals surface area contributed by atoms with Crippen LogP contribution in [-0.2, 0) is 5.41 Å². The van der Waals surface area contributed by atoms with Crippen LogP contribution in [0.3, 0.4) is 0 Å². The first-order chi connectivity index (χ1) is 14.8. The van der Waals surface area contributed by atoms with Crippen LogP contribution < -0.4 is 5.32 Å². The fraction of sp³-hybridized carbons (Fsp3) is 0.259. The molecule has 4 aromatic rings. The van der Waals surface area contributed by atoms with E-state index in [4.69, 9.17) is 23.2 Å². The molecule has 2 N–H and O–H groups in total. The quantitative estimate of drug-likeness (QED) is 0.295. The van der Waals surface area contributed by atoms with E-state index in [1.54, 1.807) is 0 Å². The summed E-state index contributed by atoms with van der Waals surface area (Å²) in [5.74, 6) is 0.154. The lowest BCUT2D eigenvalue weighted by Crippen LogP contribution is -2.34. The lowest BCUT2D eigenvalue weighted by Gasteiger charge is -2.32. The van der Waals surface area contributed by atoms with Gasteiger partial charge >= 0.3 is 0 Å². The van der Waals surface area contributed by atoms with Gasteiger partial charge in [0.2, 0.25) is 0 Å². The largest absolute Gasteiger partial charge is 0.357 e. The Balaban J connectivity index is 0.00000245. The summed E-state index contributed by atoms with van der Waals surface area (Å²) in [4.78, 5) is 3.71. The number of benzene rings is 3. The number of hydrogen-bond donors (Lipinski definition) is 2. The van der Waals surface area contributed by atoms with Gasteiger partial charge in [-0.25, -0.2) is 0 Å². The summed E-state index contributed by atoms with van der Waals surface area (Å²) in [6.45, 7) is 7.55. The smallest absolute Gasteiger partial charge is 0.0732 e. The molecular formula is C27H27Cl3N2. The highest BCUT2D eigenvalue weighted by Gasteiger charge is 2.33. The third kappa shape index (κ3) is 4.06. The Bertz CT molecular complexity index is 1250. The molecule has 32 heavy (non-hydrogen) atoms. The van der Waals surface area contributed by atoms with E-state index in [1.165, 1.54) is 27.8 Å². The molecule has 1 aliphatic heterocycles. The number of fused-ring (bicyclic) bond motifs is 3. The second kappa shape index (κ2) is 8.76. The monoisotopic (exact) mass is 484 g/mol. The third-order valence-electron chi connectivity index (χ3n) is 6.39. The summed E-state index contributed by atoms with van der Waals surface area (Å²) in [5, 5.41) is 6.41. The van der Waals surface area contributed by atoms with Crippen molar-refractivity contribution in [2.75, 3.05) is 6.54 Å². The molecule has 0 fully saturated rings. The molecular weight excluding hydrogens is 459 g/mol. The molecule has 166 valence electrons. The van der Waals surface area contributed by atoms with Crippen molar-refractivity contribution in [2.24, 2.45) is 0 Å². The zero-order chi connectivity index (χ0) is 21.8. The van der Waals surface area contributed by atoms with E-state index in [9.17, 15) is 0 Å². The van der Waals surface area contributed by atoms with Crippen molar-refractivity contribution in [3.8, 4) is 0 Å². The maximum atomic E-state index is 6.64. The van der Waals surface area contributed by atoms with Crippen LogP contribution in [0.15, 0.2) is 66.7 Å². The van der Waals surface area contributed by atoms with Gasteiger partial charge in [0.15, 0.2) is 0 Å². The molecule has 2 heterocycles. The van der Waals surface area contributed by atoms with Crippen LogP contribution >= 0.6 is 35.6 Å². The van der Waals surface area contributed by atoms with Crippen LogP contribution in [0.2, 0.25) is 10.0 Å². The summed E-state index contributed by atoms with van der Waals surface area (Å²) >= 11 is 12.8. The topological polar surface area (TPSA) is 27.8 Å².